The zero-order valence-corrected chi connectivity index (χ0v) is 11.0. The molecule has 0 spiro atoms. The van der Waals surface area contributed by atoms with E-state index >= 15 is 0 Å². The predicted molar refractivity (Wildman–Crippen MR) is 64.8 cm³/mol. The molecule has 1 rings (SSSR count). The van der Waals surface area contributed by atoms with Gasteiger partial charge >= 0.3 is 0 Å². The fraction of sp³-hybridized carbons (Fsp3) is 0.273. The summed E-state index contributed by atoms with van der Waals surface area (Å²) in [6.45, 7) is 2.98. The summed E-state index contributed by atoms with van der Waals surface area (Å²) in [5.74, 6) is -1.60. The van der Waals surface area contributed by atoms with Gasteiger partial charge in [0.1, 0.15) is 11.4 Å². The number of benzene rings is 1. The molecule has 0 bridgehead atoms. The third kappa shape index (κ3) is 3.26. The van der Waals surface area contributed by atoms with Crippen molar-refractivity contribution in [1.29, 1.82) is 0 Å². The maximum absolute atomic E-state index is 13.0. The third-order valence-corrected chi connectivity index (χ3v) is 2.83. The van der Waals surface area contributed by atoms with E-state index in [1.165, 1.54) is 26.0 Å². The molecular weight excluding hydrogens is 291 g/mol. The quantitative estimate of drug-likeness (QED) is 0.890. The number of halogens is 2. The van der Waals surface area contributed by atoms with E-state index in [9.17, 15) is 14.0 Å². The van der Waals surface area contributed by atoms with E-state index in [1.54, 1.807) is 0 Å². The van der Waals surface area contributed by atoms with E-state index in [0.717, 1.165) is 6.07 Å². The van der Waals surface area contributed by atoms with Gasteiger partial charge in [0.05, 0.1) is 4.47 Å². The molecule has 17 heavy (non-hydrogen) atoms. The van der Waals surface area contributed by atoms with Crippen LogP contribution in [0, 0.1) is 5.82 Å². The highest BCUT2D eigenvalue weighted by atomic mass is 79.9. The highest BCUT2D eigenvalue weighted by Gasteiger charge is 2.27. The molecule has 0 unspecified atom stereocenters. The first-order valence-corrected chi connectivity index (χ1v) is 5.61. The molecule has 0 saturated carbocycles. The minimum absolute atomic E-state index is 0.182. The number of rotatable bonds is 3. The maximum Gasteiger partial charge on any atom is 0.252 e. The molecule has 2 amide bonds. The Morgan fingerprint density at radius 2 is 2.00 bits per heavy atom. The molecule has 0 aromatic heterocycles. The molecular formula is C11H12BrFN2O2. The van der Waals surface area contributed by atoms with Gasteiger partial charge in [0.25, 0.3) is 5.91 Å². The molecule has 0 heterocycles. The van der Waals surface area contributed by atoms with E-state index in [0.29, 0.717) is 0 Å². The average molecular weight is 303 g/mol. The molecule has 0 aliphatic rings. The lowest BCUT2D eigenvalue weighted by atomic mass is 10.0. The topological polar surface area (TPSA) is 72.2 Å². The van der Waals surface area contributed by atoms with Crippen molar-refractivity contribution in [3.05, 3.63) is 34.1 Å². The number of nitrogens with two attached hydrogens (primary N) is 1. The molecule has 0 fully saturated rings. The van der Waals surface area contributed by atoms with Gasteiger partial charge in [0.15, 0.2) is 0 Å². The Hall–Kier alpha value is -1.43. The summed E-state index contributed by atoms with van der Waals surface area (Å²) in [5, 5.41) is 2.46. The summed E-state index contributed by atoms with van der Waals surface area (Å²) >= 11 is 2.98. The van der Waals surface area contributed by atoms with E-state index in [1.807, 2.05) is 0 Å². The lowest BCUT2D eigenvalue weighted by molar-refractivity contribution is -0.122. The predicted octanol–water partition coefficient (Wildman–Crippen LogP) is 1.58. The first kappa shape index (κ1) is 13.6. The van der Waals surface area contributed by atoms with Crippen LogP contribution in [0.1, 0.15) is 24.2 Å². The van der Waals surface area contributed by atoms with Gasteiger partial charge in [-0.1, -0.05) is 0 Å². The summed E-state index contributed by atoms with van der Waals surface area (Å²) < 4.78 is 13.2. The van der Waals surface area contributed by atoms with E-state index < -0.39 is 23.2 Å². The van der Waals surface area contributed by atoms with Crippen LogP contribution in [0.4, 0.5) is 4.39 Å². The second-order valence-corrected chi connectivity index (χ2v) is 4.93. The Labute approximate surface area is 107 Å². The summed E-state index contributed by atoms with van der Waals surface area (Å²) in [6, 6.07) is 3.82. The standard InChI is InChI=1S/C11H12BrFN2O2/c1-11(2,10(14)17)15-9(16)6-3-4-8(13)7(12)5-6/h3-5H,1-2H3,(H2,14,17)(H,15,16). The van der Waals surface area contributed by atoms with Crippen LogP contribution in [-0.4, -0.2) is 17.4 Å². The molecule has 92 valence electrons. The Bertz CT molecular complexity index is 475. The number of amides is 2. The van der Waals surface area contributed by atoms with Gasteiger partial charge in [-0.3, -0.25) is 9.59 Å². The zero-order valence-electron chi connectivity index (χ0n) is 9.38. The SMILES string of the molecule is CC(C)(NC(=O)c1ccc(F)c(Br)c1)C(N)=O. The minimum Gasteiger partial charge on any atom is -0.368 e. The average Bonchev–Trinajstić information content (AvgIpc) is 2.21. The highest BCUT2D eigenvalue weighted by molar-refractivity contribution is 9.10. The molecule has 0 saturated heterocycles. The Kier molecular flexibility index (Phi) is 3.87. The lowest BCUT2D eigenvalue weighted by Gasteiger charge is -2.22. The molecule has 0 aliphatic heterocycles. The summed E-state index contributed by atoms with van der Waals surface area (Å²) in [4.78, 5) is 22.8. The maximum atomic E-state index is 13.0. The molecule has 1 aromatic carbocycles. The van der Waals surface area contributed by atoms with Crippen molar-refractivity contribution in [1.82, 2.24) is 5.32 Å². The van der Waals surface area contributed by atoms with Crippen molar-refractivity contribution in [2.24, 2.45) is 5.73 Å². The van der Waals surface area contributed by atoms with Crippen LogP contribution in [-0.2, 0) is 4.79 Å². The number of nitrogens with one attached hydrogen (secondary N) is 1. The van der Waals surface area contributed by atoms with Gasteiger partial charge in [-0.25, -0.2) is 4.39 Å². The van der Waals surface area contributed by atoms with Gasteiger partial charge in [-0.05, 0) is 48.0 Å². The van der Waals surface area contributed by atoms with Gasteiger partial charge < -0.3 is 11.1 Å². The van der Waals surface area contributed by atoms with Gasteiger partial charge in [-0.2, -0.15) is 0 Å². The molecule has 4 nitrogen and oxygen atoms in total. The molecule has 3 N–H and O–H groups in total. The Balaban J connectivity index is 2.91. The fourth-order valence-corrected chi connectivity index (χ4v) is 1.43. The van der Waals surface area contributed by atoms with E-state index in [-0.39, 0.29) is 10.0 Å². The lowest BCUT2D eigenvalue weighted by Crippen LogP contribution is -2.53. The van der Waals surface area contributed by atoms with Crippen LogP contribution >= 0.6 is 15.9 Å². The Morgan fingerprint density at radius 3 is 2.47 bits per heavy atom. The largest absolute Gasteiger partial charge is 0.368 e. The second-order valence-electron chi connectivity index (χ2n) is 4.07. The number of hydrogen-bond acceptors (Lipinski definition) is 2. The van der Waals surface area contributed by atoms with Crippen LogP contribution in [0.15, 0.2) is 22.7 Å². The summed E-state index contributed by atoms with van der Waals surface area (Å²) in [7, 11) is 0. The fourth-order valence-electron chi connectivity index (χ4n) is 1.05. The smallest absolute Gasteiger partial charge is 0.252 e. The minimum atomic E-state index is -1.15. The van der Waals surface area contributed by atoms with Gasteiger partial charge in [0, 0.05) is 5.56 Å². The number of carbonyl (C=O) groups is 2. The first-order valence-electron chi connectivity index (χ1n) is 4.81. The summed E-state index contributed by atoms with van der Waals surface area (Å²) in [5.41, 5.74) is 4.22. The normalized spacial score (nSPS) is 11.1. The first-order chi connectivity index (χ1) is 7.74. The van der Waals surface area contributed by atoms with Crippen LogP contribution < -0.4 is 11.1 Å². The second kappa shape index (κ2) is 4.83. The van der Waals surface area contributed by atoms with E-state index in [4.69, 9.17) is 5.73 Å². The van der Waals surface area contributed by atoms with E-state index in [2.05, 4.69) is 21.2 Å². The van der Waals surface area contributed by atoms with Crippen LogP contribution in [0.25, 0.3) is 0 Å². The van der Waals surface area contributed by atoms with Crippen molar-refractivity contribution < 1.29 is 14.0 Å². The van der Waals surface area contributed by atoms with Gasteiger partial charge in [-0.15, -0.1) is 0 Å². The Morgan fingerprint density at radius 1 is 1.41 bits per heavy atom. The monoisotopic (exact) mass is 302 g/mol. The molecule has 0 aliphatic carbocycles. The third-order valence-electron chi connectivity index (χ3n) is 2.22. The van der Waals surface area contributed by atoms with Crippen LogP contribution in [0.2, 0.25) is 0 Å². The van der Waals surface area contributed by atoms with Crippen molar-refractivity contribution in [2.75, 3.05) is 0 Å². The summed E-state index contributed by atoms with van der Waals surface area (Å²) in [6.07, 6.45) is 0. The zero-order chi connectivity index (χ0) is 13.2. The van der Waals surface area contributed by atoms with Crippen molar-refractivity contribution in [2.45, 2.75) is 19.4 Å². The van der Waals surface area contributed by atoms with Gasteiger partial charge in [0.2, 0.25) is 5.91 Å². The molecule has 0 radical (unpaired) electrons. The number of carbonyl (C=O) groups excluding carboxylic acids is 2. The number of hydrogen-bond donors (Lipinski definition) is 2. The number of primary amides is 1. The molecule has 1 aromatic rings. The molecule has 6 heteroatoms. The van der Waals surface area contributed by atoms with Crippen molar-refractivity contribution in [3.63, 3.8) is 0 Å². The highest BCUT2D eigenvalue weighted by Crippen LogP contribution is 2.17. The van der Waals surface area contributed by atoms with Crippen molar-refractivity contribution >= 4 is 27.7 Å². The van der Waals surface area contributed by atoms with Crippen molar-refractivity contribution in [3.8, 4) is 0 Å². The van der Waals surface area contributed by atoms with Crippen LogP contribution in [0.5, 0.6) is 0 Å². The van der Waals surface area contributed by atoms with Crippen LogP contribution in [0.3, 0.4) is 0 Å². The molecule has 0 atom stereocenters.